The molecule has 5 rings (SSSR count). The largest absolute Gasteiger partial charge is 0.383 e. The van der Waals surface area contributed by atoms with Gasteiger partial charge in [0.05, 0.1) is 5.69 Å². The molecule has 0 fully saturated rings. The van der Waals surface area contributed by atoms with Crippen LogP contribution in [0.2, 0.25) is 0 Å². The Hall–Kier alpha value is -4.37. The van der Waals surface area contributed by atoms with Crippen LogP contribution in [0.15, 0.2) is 73.2 Å². The minimum absolute atomic E-state index is 0.143. The van der Waals surface area contributed by atoms with Crippen LogP contribution in [0.3, 0.4) is 0 Å². The van der Waals surface area contributed by atoms with Gasteiger partial charge in [-0.15, -0.1) is 0 Å². The molecule has 0 radical (unpaired) electrons. The fourth-order valence-electron chi connectivity index (χ4n) is 4.16. The number of benzene rings is 2. The van der Waals surface area contributed by atoms with Gasteiger partial charge in [0.15, 0.2) is 5.65 Å². The van der Waals surface area contributed by atoms with Crippen molar-refractivity contribution in [2.75, 3.05) is 17.7 Å². The van der Waals surface area contributed by atoms with E-state index >= 15 is 0 Å². The molecular weight excluding hydrogens is 438 g/mol. The molecule has 1 atom stereocenters. The molecule has 0 saturated heterocycles. The minimum atomic E-state index is 0.143. The lowest BCUT2D eigenvalue weighted by Gasteiger charge is -2.20. The Labute approximate surface area is 203 Å². The number of fused-ring (bicyclic) bond motifs is 1. The zero-order valence-corrected chi connectivity index (χ0v) is 19.7. The Morgan fingerprint density at radius 2 is 1.77 bits per heavy atom. The number of anilines is 3. The molecule has 0 amide bonds. The average Bonchev–Trinajstić information content (AvgIpc) is 3.37. The summed E-state index contributed by atoms with van der Waals surface area (Å²) in [7, 11) is 1.84. The molecule has 0 aliphatic heterocycles. The van der Waals surface area contributed by atoms with Gasteiger partial charge in [-0.2, -0.15) is 14.6 Å². The smallest absolute Gasteiger partial charge is 0.235 e. The molecule has 0 aliphatic carbocycles. The van der Waals surface area contributed by atoms with E-state index in [0.29, 0.717) is 29.9 Å². The summed E-state index contributed by atoms with van der Waals surface area (Å²) in [6.45, 7) is 2.64. The minimum Gasteiger partial charge on any atom is -0.383 e. The van der Waals surface area contributed by atoms with Gasteiger partial charge >= 0.3 is 0 Å². The molecule has 3 heterocycles. The van der Waals surface area contributed by atoms with Crippen LogP contribution in [-0.4, -0.2) is 36.6 Å². The number of nitrogens with zero attached hydrogens (tertiary/aromatic N) is 7. The van der Waals surface area contributed by atoms with E-state index in [4.69, 9.17) is 16.5 Å². The van der Waals surface area contributed by atoms with Crippen LogP contribution in [0.4, 0.5) is 17.7 Å². The van der Waals surface area contributed by atoms with Crippen LogP contribution in [0.5, 0.6) is 0 Å². The first kappa shape index (κ1) is 22.4. The maximum atomic E-state index is 6.41. The number of aromatic nitrogens is 6. The Morgan fingerprint density at radius 1 is 0.971 bits per heavy atom. The highest BCUT2D eigenvalue weighted by atomic mass is 15.4. The van der Waals surface area contributed by atoms with Crippen LogP contribution >= 0.6 is 0 Å². The average molecular weight is 466 g/mol. The van der Waals surface area contributed by atoms with E-state index < -0.39 is 0 Å². The number of hydrogen-bond donors (Lipinski definition) is 2. The zero-order valence-electron chi connectivity index (χ0n) is 19.7. The van der Waals surface area contributed by atoms with Crippen LogP contribution in [-0.2, 0) is 13.0 Å². The van der Waals surface area contributed by atoms with Gasteiger partial charge in [0, 0.05) is 37.0 Å². The van der Waals surface area contributed by atoms with Crippen LogP contribution in [0.25, 0.3) is 16.9 Å². The third-order valence-corrected chi connectivity index (χ3v) is 6.05. The Bertz CT molecular complexity index is 1460. The molecular formula is C26H27N9. The molecule has 9 heteroatoms. The summed E-state index contributed by atoms with van der Waals surface area (Å²) >= 11 is 0. The predicted octanol–water partition coefficient (Wildman–Crippen LogP) is 3.74. The maximum absolute atomic E-state index is 6.41. The first-order valence-electron chi connectivity index (χ1n) is 11.4. The van der Waals surface area contributed by atoms with Gasteiger partial charge in [0.2, 0.25) is 11.9 Å². The Kier molecular flexibility index (Phi) is 6.07. The van der Waals surface area contributed by atoms with Gasteiger partial charge in [-0.05, 0) is 23.5 Å². The van der Waals surface area contributed by atoms with E-state index in [0.717, 1.165) is 28.8 Å². The maximum Gasteiger partial charge on any atom is 0.235 e. The van der Waals surface area contributed by atoms with Crippen LogP contribution in [0, 0.1) is 0 Å². The third-order valence-electron chi connectivity index (χ3n) is 6.05. The lowest BCUT2D eigenvalue weighted by atomic mass is 9.94. The fraction of sp³-hybridized carbons (Fsp3) is 0.192. The van der Waals surface area contributed by atoms with E-state index in [-0.39, 0.29) is 5.92 Å². The lowest BCUT2D eigenvalue weighted by Crippen LogP contribution is -2.20. The molecule has 9 nitrogen and oxygen atoms in total. The monoisotopic (exact) mass is 465 g/mol. The molecule has 5 aromatic rings. The van der Waals surface area contributed by atoms with Crippen molar-refractivity contribution in [1.82, 2.24) is 29.5 Å². The fourth-order valence-corrected chi connectivity index (χ4v) is 4.16. The molecule has 0 spiro atoms. The number of nitrogen functional groups attached to an aromatic ring is 1. The summed E-state index contributed by atoms with van der Waals surface area (Å²) < 4.78 is 1.66. The Balaban J connectivity index is 1.45. The second-order valence-electron chi connectivity index (χ2n) is 8.54. The van der Waals surface area contributed by atoms with Gasteiger partial charge in [0.25, 0.3) is 0 Å². The molecule has 3 aromatic heterocycles. The summed E-state index contributed by atoms with van der Waals surface area (Å²) in [6, 6.07) is 20.1. The van der Waals surface area contributed by atoms with E-state index in [2.05, 4.69) is 39.1 Å². The second-order valence-corrected chi connectivity index (χ2v) is 8.54. The van der Waals surface area contributed by atoms with Gasteiger partial charge in [0.1, 0.15) is 12.1 Å². The van der Waals surface area contributed by atoms with Gasteiger partial charge in [-0.1, -0.05) is 61.5 Å². The van der Waals surface area contributed by atoms with E-state index in [9.17, 15) is 0 Å². The quantitative estimate of drug-likeness (QED) is 0.372. The molecule has 0 bridgehead atoms. The number of rotatable bonds is 7. The first-order valence-corrected chi connectivity index (χ1v) is 11.4. The molecule has 35 heavy (non-hydrogen) atoms. The molecule has 2 aromatic carbocycles. The van der Waals surface area contributed by atoms with Crippen LogP contribution < -0.4 is 16.4 Å². The first-order chi connectivity index (χ1) is 17.0. The van der Waals surface area contributed by atoms with E-state index in [1.807, 2.05) is 55.6 Å². The van der Waals surface area contributed by atoms with Gasteiger partial charge < -0.3 is 11.5 Å². The predicted molar refractivity (Wildman–Crippen MR) is 137 cm³/mol. The summed E-state index contributed by atoms with van der Waals surface area (Å²) in [5.74, 6) is 1.55. The van der Waals surface area contributed by atoms with Crippen LogP contribution in [0.1, 0.15) is 29.5 Å². The van der Waals surface area contributed by atoms with Crippen molar-refractivity contribution in [2.24, 2.45) is 5.73 Å². The SMILES string of the molecule is CC(Cc1cccc(CN)c1)c1cnc(N(C)c2nc(-c3ccccc3)cc3ncnn23)nc1N. The topological polar surface area (TPSA) is 124 Å². The molecule has 176 valence electrons. The highest BCUT2D eigenvalue weighted by molar-refractivity contribution is 5.67. The summed E-state index contributed by atoms with van der Waals surface area (Å²) in [5, 5.41) is 4.33. The lowest BCUT2D eigenvalue weighted by molar-refractivity contribution is 0.749. The molecule has 1 unspecified atom stereocenters. The van der Waals surface area contributed by atoms with Crippen molar-refractivity contribution in [3.8, 4) is 11.3 Å². The van der Waals surface area contributed by atoms with E-state index in [1.165, 1.54) is 11.9 Å². The van der Waals surface area contributed by atoms with Crippen molar-refractivity contribution >= 4 is 23.4 Å². The molecule has 4 N–H and O–H groups in total. The van der Waals surface area contributed by atoms with E-state index in [1.54, 1.807) is 15.6 Å². The summed E-state index contributed by atoms with van der Waals surface area (Å²) in [4.78, 5) is 20.2. The van der Waals surface area contributed by atoms with Crippen molar-refractivity contribution in [2.45, 2.75) is 25.8 Å². The second kappa shape index (κ2) is 9.47. The Morgan fingerprint density at radius 3 is 2.54 bits per heavy atom. The molecule has 0 saturated carbocycles. The normalized spacial score (nSPS) is 12.1. The summed E-state index contributed by atoms with van der Waals surface area (Å²) in [6.07, 6.45) is 4.12. The highest BCUT2D eigenvalue weighted by Crippen LogP contribution is 2.28. The van der Waals surface area contributed by atoms with Crippen molar-refractivity contribution in [3.05, 3.63) is 89.9 Å². The van der Waals surface area contributed by atoms with Gasteiger partial charge in [-0.3, -0.25) is 4.90 Å². The highest BCUT2D eigenvalue weighted by Gasteiger charge is 2.19. The summed E-state index contributed by atoms with van der Waals surface area (Å²) in [5.41, 5.74) is 17.9. The number of nitrogens with two attached hydrogens (primary N) is 2. The zero-order chi connectivity index (χ0) is 24.4. The number of hydrogen-bond acceptors (Lipinski definition) is 8. The standard InChI is InChI=1S/C26H27N9/c1-17(11-18-7-6-8-19(12-18)14-27)21-15-29-25(33-24(21)28)34(2)26-32-22(20-9-4-3-5-10-20)13-23-30-16-31-35(23)26/h3-10,12-13,15-17H,11,14,27H2,1-2H3,(H2,28,29,33). The third kappa shape index (κ3) is 4.53. The van der Waals surface area contributed by atoms with Crippen molar-refractivity contribution in [3.63, 3.8) is 0 Å². The van der Waals surface area contributed by atoms with Gasteiger partial charge in [-0.25, -0.2) is 15.0 Å². The van der Waals surface area contributed by atoms with Crippen molar-refractivity contribution in [1.29, 1.82) is 0 Å². The molecule has 0 aliphatic rings. The van der Waals surface area contributed by atoms with Crippen molar-refractivity contribution < 1.29 is 0 Å².